The smallest absolute Gasteiger partial charge is 0.336 e. The Hall–Kier alpha value is -2.26. The lowest BCUT2D eigenvalue weighted by Crippen LogP contribution is -2.43. The molecule has 0 unspecified atom stereocenters. The minimum absolute atomic E-state index is 0.184. The van der Waals surface area contributed by atoms with E-state index in [9.17, 15) is 9.59 Å². The van der Waals surface area contributed by atoms with Crippen LogP contribution in [0.2, 0.25) is 0 Å². The molecule has 2 aliphatic heterocycles. The van der Waals surface area contributed by atoms with Gasteiger partial charge in [-0.25, -0.2) is 9.36 Å². The van der Waals surface area contributed by atoms with E-state index >= 15 is 0 Å². The Morgan fingerprint density at radius 1 is 1.00 bits per heavy atom. The van der Waals surface area contributed by atoms with Crippen LogP contribution in [-0.4, -0.2) is 64.9 Å². The molecule has 164 valence electrons. The lowest BCUT2D eigenvalue weighted by Gasteiger charge is -2.26. The molecule has 0 spiro atoms. The van der Waals surface area contributed by atoms with Gasteiger partial charge in [0, 0.05) is 44.1 Å². The number of likely N-dealkylation sites (N-methyl/N-ethyl adjacent to an activating group) is 1. The third-order valence-corrected chi connectivity index (χ3v) is 7.65. The summed E-state index contributed by atoms with van der Waals surface area (Å²) in [6, 6.07) is 9.30. The SMILES string of the molecule is CCN1CCc2c(sc3c2c(=O)n(-c2ccccc2)c(=O)n3CCN2CCOCC2)C1. The van der Waals surface area contributed by atoms with Crippen molar-refractivity contribution in [2.45, 2.75) is 26.4 Å². The largest absolute Gasteiger partial charge is 0.379 e. The quantitative estimate of drug-likeness (QED) is 0.607. The molecule has 31 heavy (non-hydrogen) atoms. The highest BCUT2D eigenvalue weighted by Crippen LogP contribution is 2.33. The Bertz CT molecular complexity index is 1190. The lowest BCUT2D eigenvalue weighted by atomic mass is 10.1. The van der Waals surface area contributed by atoms with Crippen molar-refractivity contribution in [2.24, 2.45) is 0 Å². The number of para-hydroxylation sites is 1. The van der Waals surface area contributed by atoms with E-state index in [1.807, 2.05) is 34.9 Å². The normalized spacial score (nSPS) is 17.8. The first-order chi connectivity index (χ1) is 15.2. The van der Waals surface area contributed by atoms with Gasteiger partial charge in [0.25, 0.3) is 5.56 Å². The molecule has 0 N–H and O–H groups in total. The van der Waals surface area contributed by atoms with Crippen LogP contribution in [0.4, 0.5) is 0 Å². The number of ether oxygens (including phenoxy) is 1. The summed E-state index contributed by atoms with van der Waals surface area (Å²) in [7, 11) is 0. The summed E-state index contributed by atoms with van der Waals surface area (Å²) in [5.74, 6) is 0. The molecule has 0 bridgehead atoms. The molecule has 8 heteroatoms. The monoisotopic (exact) mass is 440 g/mol. The molecular weight excluding hydrogens is 412 g/mol. The first-order valence-electron chi connectivity index (χ1n) is 11.1. The summed E-state index contributed by atoms with van der Waals surface area (Å²) >= 11 is 1.63. The van der Waals surface area contributed by atoms with Gasteiger partial charge in [0.2, 0.25) is 0 Å². The van der Waals surface area contributed by atoms with Gasteiger partial charge in [-0.05, 0) is 30.7 Å². The average molecular weight is 441 g/mol. The van der Waals surface area contributed by atoms with Crippen LogP contribution in [0.1, 0.15) is 17.4 Å². The van der Waals surface area contributed by atoms with E-state index in [4.69, 9.17) is 4.74 Å². The van der Waals surface area contributed by atoms with E-state index in [1.165, 1.54) is 9.44 Å². The van der Waals surface area contributed by atoms with Gasteiger partial charge in [0.05, 0.1) is 24.3 Å². The summed E-state index contributed by atoms with van der Waals surface area (Å²) in [5.41, 5.74) is 1.34. The van der Waals surface area contributed by atoms with Crippen LogP contribution >= 0.6 is 11.3 Å². The molecule has 5 rings (SSSR count). The zero-order valence-corrected chi connectivity index (χ0v) is 18.7. The summed E-state index contributed by atoms with van der Waals surface area (Å²) in [6.45, 7) is 9.52. The molecular formula is C23H28N4O3S. The van der Waals surface area contributed by atoms with Crippen molar-refractivity contribution in [3.63, 3.8) is 0 Å². The van der Waals surface area contributed by atoms with Crippen LogP contribution in [-0.2, 0) is 24.2 Å². The molecule has 3 aromatic rings. The van der Waals surface area contributed by atoms with Crippen LogP contribution < -0.4 is 11.2 Å². The Kier molecular flexibility index (Phi) is 5.79. The van der Waals surface area contributed by atoms with E-state index in [0.717, 1.165) is 74.7 Å². The van der Waals surface area contributed by atoms with Crippen molar-refractivity contribution < 1.29 is 4.74 Å². The first-order valence-corrected chi connectivity index (χ1v) is 11.9. The predicted octanol–water partition coefficient (Wildman–Crippen LogP) is 1.92. The molecule has 2 aliphatic rings. The minimum Gasteiger partial charge on any atom is -0.379 e. The number of hydrogen-bond donors (Lipinski definition) is 0. The first kappa shape index (κ1) is 20.6. The average Bonchev–Trinajstić information content (AvgIpc) is 3.19. The standard InChI is InChI=1S/C23H28N4O3S/c1-2-24-9-8-18-19(16-24)31-22-20(18)21(28)27(17-6-4-3-5-7-17)23(29)26(22)11-10-25-12-14-30-15-13-25/h3-7H,2,8-16H2,1H3. The Labute approximate surface area is 185 Å². The van der Waals surface area contributed by atoms with Gasteiger partial charge in [-0.3, -0.25) is 19.2 Å². The maximum atomic E-state index is 13.6. The molecule has 7 nitrogen and oxygen atoms in total. The van der Waals surface area contributed by atoms with Crippen molar-refractivity contribution in [3.05, 3.63) is 61.6 Å². The maximum absolute atomic E-state index is 13.6. The second-order valence-electron chi connectivity index (χ2n) is 8.17. The zero-order valence-electron chi connectivity index (χ0n) is 17.9. The zero-order chi connectivity index (χ0) is 21.4. The molecule has 1 aromatic carbocycles. The van der Waals surface area contributed by atoms with Gasteiger partial charge in [0.1, 0.15) is 4.83 Å². The third kappa shape index (κ3) is 3.78. The molecule has 0 radical (unpaired) electrons. The highest BCUT2D eigenvalue weighted by Gasteiger charge is 2.26. The van der Waals surface area contributed by atoms with Gasteiger partial charge in [0.15, 0.2) is 0 Å². The number of morpholine rings is 1. The van der Waals surface area contributed by atoms with Crippen LogP contribution in [0.25, 0.3) is 15.9 Å². The molecule has 2 aromatic heterocycles. The highest BCUT2D eigenvalue weighted by molar-refractivity contribution is 7.18. The molecule has 4 heterocycles. The highest BCUT2D eigenvalue weighted by atomic mass is 32.1. The van der Waals surface area contributed by atoms with Gasteiger partial charge in [-0.2, -0.15) is 0 Å². The lowest BCUT2D eigenvalue weighted by molar-refractivity contribution is 0.0364. The molecule has 1 fully saturated rings. The van der Waals surface area contributed by atoms with E-state index in [-0.39, 0.29) is 11.2 Å². The molecule has 1 saturated heterocycles. The Balaban J connectivity index is 1.67. The summed E-state index contributed by atoms with van der Waals surface area (Å²) in [4.78, 5) is 34.0. The number of rotatable bonds is 5. The topological polar surface area (TPSA) is 59.7 Å². The van der Waals surface area contributed by atoms with Crippen LogP contribution in [0.5, 0.6) is 0 Å². The Morgan fingerprint density at radius 3 is 2.52 bits per heavy atom. The van der Waals surface area contributed by atoms with Crippen molar-refractivity contribution in [2.75, 3.05) is 45.9 Å². The predicted molar refractivity (Wildman–Crippen MR) is 124 cm³/mol. The molecule has 0 amide bonds. The van der Waals surface area contributed by atoms with Crippen LogP contribution in [0, 0.1) is 0 Å². The summed E-state index contributed by atoms with van der Waals surface area (Å²) < 4.78 is 8.65. The van der Waals surface area contributed by atoms with Crippen LogP contribution in [0.15, 0.2) is 39.9 Å². The molecule has 0 aliphatic carbocycles. The fourth-order valence-electron chi connectivity index (χ4n) is 4.60. The van der Waals surface area contributed by atoms with Gasteiger partial charge >= 0.3 is 5.69 Å². The molecule has 0 atom stereocenters. The van der Waals surface area contributed by atoms with Crippen molar-refractivity contribution in [3.8, 4) is 5.69 Å². The number of benzene rings is 1. The van der Waals surface area contributed by atoms with E-state index < -0.39 is 0 Å². The van der Waals surface area contributed by atoms with E-state index in [0.29, 0.717) is 12.2 Å². The fraction of sp³-hybridized carbons (Fsp3) is 0.478. The number of aromatic nitrogens is 2. The molecule has 0 saturated carbocycles. The second-order valence-corrected chi connectivity index (χ2v) is 9.25. The van der Waals surface area contributed by atoms with Crippen LogP contribution in [0.3, 0.4) is 0 Å². The summed E-state index contributed by atoms with van der Waals surface area (Å²) in [5, 5.41) is 0.737. The second kappa shape index (κ2) is 8.70. The Morgan fingerprint density at radius 2 is 1.77 bits per heavy atom. The summed E-state index contributed by atoms with van der Waals surface area (Å²) in [6.07, 6.45) is 0.856. The van der Waals surface area contributed by atoms with E-state index in [2.05, 4.69) is 16.7 Å². The van der Waals surface area contributed by atoms with Crippen molar-refractivity contribution in [1.82, 2.24) is 18.9 Å². The maximum Gasteiger partial charge on any atom is 0.336 e. The number of hydrogen-bond acceptors (Lipinski definition) is 6. The van der Waals surface area contributed by atoms with Gasteiger partial charge in [-0.15, -0.1) is 11.3 Å². The number of thiophene rings is 1. The van der Waals surface area contributed by atoms with Gasteiger partial charge in [-0.1, -0.05) is 25.1 Å². The van der Waals surface area contributed by atoms with Crippen molar-refractivity contribution in [1.29, 1.82) is 0 Å². The van der Waals surface area contributed by atoms with Gasteiger partial charge < -0.3 is 4.74 Å². The van der Waals surface area contributed by atoms with E-state index in [1.54, 1.807) is 11.3 Å². The minimum atomic E-state index is -0.247. The number of nitrogens with zero attached hydrogens (tertiary/aromatic N) is 4. The van der Waals surface area contributed by atoms with Crippen molar-refractivity contribution >= 4 is 21.6 Å². The third-order valence-electron chi connectivity index (χ3n) is 6.41. The number of fused-ring (bicyclic) bond motifs is 3. The fourth-order valence-corrected chi connectivity index (χ4v) is 6.00.